The summed E-state index contributed by atoms with van der Waals surface area (Å²) < 4.78 is 5.30. The molecule has 104 valence electrons. The van der Waals surface area contributed by atoms with Gasteiger partial charge < -0.3 is 20.2 Å². The SMILES string of the molecule is CCCNC(=O)[C@H](C)Oc1ccc(C)nc1[N+](=O)[O-]. The van der Waals surface area contributed by atoms with E-state index in [0.29, 0.717) is 12.2 Å². The Bertz CT molecular complexity index is 476. The van der Waals surface area contributed by atoms with Gasteiger partial charge in [-0.2, -0.15) is 0 Å². The van der Waals surface area contributed by atoms with Gasteiger partial charge in [-0.25, -0.2) is 0 Å². The molecule has 1 atom stereocenters. The Labute approximate surface area is 111 Å². The normalized spacial score (nSPS) is 11.7. The summed E-state index contributed by atoms with van der Waals surface area (Å²) in [5.74, 6) is -0.693. The van der Waals surface area contributed by atoms with Crippen LogP contribution in [0.2, 0.25) is 0 Å². The van der Waals surface area contributed by atoms with Gasteiger partial charge in [0, 0.05) is 13.5 Å². The molecule has 1 aromatic rings. The molecule has 0 spiro atoms. The lowest BCUT2D eigenvalue weighted by atomic mass is 10.3. The summed E-state index contributed by atoms with van der Waals surface area (Å²) in [4.78, 5) is 25.7. The van der Waals surface area contributed by atoms with Crippen molar-refractivity contribution in [1.29, 1.82) is 0 Å². The highest BCUT2D eigenvalue weighted by Crippen LogP contribution is 2.25. The third-order valence-corrected chi connectivity index (χ3v) is 2.37. The van der Waals surface area contributed by atoms with Crippen LogP contribution in [0.1, 0.15) is 26.0 Å². The zero-order valence-corrected chi connectivity index (χ0v) is 11.2. The van der Waals surface area contributed by atoms with Crippen LogP contribution in [0.4, 0.5) is 5.82 Å². The monoisotopic (exact) mass is 267 g/mol. The van der Waals surface area contributed by atoms with Crippen molar-refractivity contribution in [3.8, 4) is 5.75 Å². The highest BCUT2D eigenvalue weighted by Gasteiger charge is 2.22. The fraction of sp³-hybridized carbons (Fsp3) is 0.500. The van der Waals surface area contributed by atoms with Crippen LogP contribution in [0.15, 0.2) is 12.1 Å². The standard InChI is InChI=1S/C12H17N3O4/c1-4-7-13-12(16)9(3)19-10-6-5-8(2)14-11(10)15(17)18/h5-6,9H,4,7H2,1-3H3,(H,13,16)/t9-/m0/s1. The fourth-order valence-corrected chi connectivity index (χ4v) is 1.39. The Morgan fingerprint density at radius 3 is 2.84 bits per heavy atom. The number of aryl methyl sites for hydroxylation is 1. The van der Waals surface area contributed by atoms with Crippen LogP contribution in [-0.2, 0) is 4.79 Å². The van der Waals surface area contributed by atoms with Gasteiger partial charge >= 0.3 is 5.82 Å². The molecule has 0 radical (unpaired) electrons. The molecule has 0 saturated heterocycles. The predicted molar refractivity (Wildman–Crippen MR) is 69.0 cm³/mol. The van der Waals surface area contributed by atoms with E-state index in [9.17, 15) is 14.9 Å². The molecule has 1 heterocycles. The minimum Gasteiger partial charge on any atom is -0.473 e. The van der Waals surface area contributed by atoms with Crippen LogP contribution in [0, 0.1) is 17.0 Å². The maximum atomic E-state index is 11.6. The summed E-state index contributed by atoms with van der Waals surface area (Å²) in [5.41, 5.74) is 0.516. The van der Waals surface area contributed by atoms with Crippen molar-refractivity contribution in [3.63, 3.8) is 0 Å². The van der Waals surface area contributed by atoms with Crippen molar-refractivity contribution in [3.05, 3.63) is 27.9 Å². The average Bonchev–Trinajstić information content (AvgIpc) is 2.37. The van der Waals surface area contributed by atoms with Crippen LogP contribution in [0.3, 0.4) is 0 Å². The predicted octanol–water partition coefficient (Wildman–Crippen LogP) is 1.59. The van der Waals surface area contributed by atoms with E-state index in [1.807, 2.05) is 6.92 Å². The van der Waals surface area contributed by atoms with Gasteiger partial charge in [-0.05, 0) is 35.4 Å². The first-order valence-corrected chi connectivity index (χ1v) is 6.02. The summed E-state index contributed by atoms with van der Waals surface area (Å²) in [6.45, 7) is 5.66. The molecule has 0 aliphatic carbocycles. The van der Waals surface area contributed by atoms with E-state index in [1.54, 1.807) is 13.0 Å². The van der Waals surface area contributed by atoms with Gasteiger partial charge in [0.25, 0.3) is 5.91 Å². The zero-order valence-electron chi connectivity index (χ0n) is 11.2. The van der Waals surface area contributed by atoms with E-state index >= 15 is 0 Å². The smallest absolute Gasteiger partial charge is 0.406 e. The van der Waals surface area contributed by atoms with E-state index in [1.165, 1.54) is 13.0 Å². The number of nitrogens with zero attached hydrogens (tertiary/aromatic N) is 2. The van der Waals surface area contributed by atoms with Gasteiger partial charge in [-0.1, -0.05) is 6.92 Å². The molecule has 0 fully saturated rings. The Kier molecular flexibility index (Phi) is 5.23. The Balaban J connectivity index is 2.81. The third kappa shape index (κ3) is 4.20. The van der Waals surface area contributed by atoms with Crippen LogP contribution in [0.25, 0.3) is 0 Å². The minimum atomic E-state index is -0.810. The van der Waals surface area contributed by atoms with E-state index in [-0.39, 0.29) is 17.5 Å². The molecule has 1 aromatic heterocycles. The quantitative estimate of drug-likeness (QED) is 0.624. The first-order valence-electron chi connectivity index (χ1n) is 6.02. The Morgan fingerprint density at radius 2 is 2.26 bits per heavy atom. The van der Waals surface area contributed by atoms with Gasteiger partial charge in [-0.15, -0.1) is 0 Å². The highest BCUT2D eigenvalue weighted by molar-refractivity contribution is 5.80. The van der Waals surface area contributed by atoms with Crippen LogP contribution in [-0.4, -0.2) is 28.5 Å². The fourth-order valence-electron chi connectivity index (χ4n) is 1.39. The lowest BCUT2D eigenvalue weighted by Gasteiger charge is -2.14. The number of nitrogens with one attached hydrogen (secondary N) is 1. The summed E-state index contributed by atoms with van der Waals surface area (Å²) in [6, 6.07) is 3.04. The van der Waals surface area contributed by atoms with Gasteiger partial charge in [0.05, 0.1) is 0 Å². The summed E-state index contributed by atoms with van der Waals surface area (Å²) in [5, 5.41) is 13.5. The number of carbonyl (C=O) groups is 1. The molecule has 1 N–H and O–H groups in total. The van der Waals surface area contributed by atoms with Crippen molar-refractivity contribution >= 4 is 11.7 Å². The second-order valence-corrected chi connectivity index (χ2v) is 4.08. The number of amides is 1. The molecule has 1 amide bonds. The Morgan fingerprint density at radius 1 is 1.58 bits per heavy atom. The molecule has 0 bridgehead atoms. The number of hydrogen-bond acceptors (Lipinski definition) is 5. The number of aromatic nitrogens is 1. The number of hydrogen-bond donors (Lipinski definition) is 1. The van der Waals surface area contributed by atoms with Gasteiger partial charge in [0.1, 0.15) is 5.69 Å². The second-order valence-electron chi connectivity index (χ2n) is 4.08. The molecule has 0 unspecified atom stereocenters. The maximum absolute atomic E-state index is 11.6. The summed E-state index contributed by atoms with van der Waals surface area (Å²) in [6.07, 6.45) is -0.000198. The molecule has 1 rings (SSSR count). The highest BCUT2D eigenvalue weighted by atomic mass is 16.6. The van der Waals surface area contributed by atoms with Gasteiger partial charge in [0.15, 0.2) is 6.10 Å². The minimum absolute atomic E-state index is 0.00486. The second kappa shape index (κ2) is 6.67. The third-order valence-electron chi connectivity index (χ3n) is 2.37. The maximum Gasteiger partial charge on any atom is 0.406 e. The summed E-state index contributed by atoms with van der Waals surface area (Å²) in [7, 11) is 0. The van der Waals surface area contributed by atoms with E-state index in [4.69, 9.17) is 4.74 Å². The molecule has 19 heavy (non-hydrogen) atoms. The van der Waals surface area contributed by atoms with Gasteiger partial charge in [-0.3, -0.25) is 4.79 Å². The molecule has 0 aromatic carbocycles. The van der Waals surface area contributed by atoms with E-state index in [2.05, 4.69) is 10.3 Å². The number of pyridine rings is 1. The number of nitro groups is 1. The first kappa shape index (κ1) is 14.9. The topological polar surface area (TPSA) is 94.4 Å². The molecular weight excluding hydrogens is 250 g/mol. The van der Waals surface area contributed by atoms with Crippen molar-refractivity contribution < 1.29 is 14.5 Å². The van der Waals surface area contributed by atoms with Crippen LogP contribution in [0.5, 0.6) is 5.75 Å². The summed E-state index contributed by atoms with van der Waals surface area (Å²) >= 11 is 0. The average molecular weight is 267 g/mol. The van der Waals surface area contributed by atoms with Crippen molar-refractivity contribution in [2.24, 2.45) is 0 Å². The molecule has 7 nitrogen and oxygen atoms in total. The molecule has 0 aliphatic heterocycles. The largest absolute Gasteiger partial charge is 0.473 e. The lowest BCUT2D eigenvalue weighted by molar-refractivity contribution is -0.390. The number of rotatable bonds is 6. The zero-order chi connectivity index (χ0) is 14.4. The van der Waals surface area contributed by atoms with Gasteiger partial charge in [0.2, 0.25) is 5.75 Å². The first-order chi connectivity index (χ1) is 8.95. The van der Waals surface area contributed by atoms with Crippen molar-refractivity contribution in [2.45, 2.75) is 33.3 Å². The lowest BCUT2D eigenvalue weighted by Crippen LogP contribution is -2.36. The number of carbonyl (C=O) groups excluding carboxylic acids is 1. The van der Waals surface area contributed by atoms with E-state index < -0.39 is 11.0 Å². The Hall–Kier alpha value is -2.18. The van der Waals surface area contributed by atoms with E-state index in [0.717, 1.165) is 6.42 Å². The molecule has 0 saturated carbocycles. The van der Waals surface area contributed by atoms with Crippen molar-refractivity contribution in [1.82, 2.24) is 10.3 Å². The molecule has 7 heteroatoms. The molecule has 0 aliphatic rings. The van der Waals surface area contributed by atoms with Crippen molar-refractivity contribution in [2.75, 3.05) is 6.54 Å². The van der Waals surface area contributed by atoms with Crippen LogP contribution >= 0.6 is 0 Å². The van der Waals surface area contributed by atoms with Crippen LogP contribution < -0.4 is 10.1 Å². The number of ether oxygens (including phenoxy) is 1. The molecular formula is C12H17N3O4.